The summed E-state index contributed by atoms with van der Waals surface area (Å²) < 4.78 is 1.52. The highest BCUT2D eigenvalue weighted by Gasteiger charge is 2.19. The number of carbonyl (C=O) groups excluding carboxylic acids is 1. The lowest BCUT2D eigenvalue weighted by Crippen LogP contribution is -2.19. The molecule has 1 fully saturated rings. The number of aromatic nitrogens is 4. The minimum absolute atomic E-state index is 0.0500. The van der Waals surface area contributed by atoms with Crippen molar-refractivity contribution in [2.24, 2.45) is 5.92 Å². The summed E-state index contributed by atoms with van der Waals surface area (Å²) in [5.41, 5.74) is 1.80. The molecule has 1 aliphatic rings. The molecule has 5 rings (SSSR count). The van der Waals surface area contributed by atoms with E-state index in [2.05, 4.69) is 20.4 Å². The van der Waals surface area contributed by atoms with Gasteiger partial charge in [-0.25, -0.2) is 4.98 Å². The number of carbonyl (C=O) groups is 1. The maximum atomic E-state index is 12.8. The van der Waals surface area contributed by atoms with Gasteiger partial charge in [0.15, 0.2) is 0 Å². The molecule has 174 valence electrons. The molecular formula is C26H27N5O2S. The number of nitrogens with one attached hydrogen (secondary N) is 2. The zero-order valence-electron chi connectivity index (χ0n) is 18.9. The number of amides is 1. The number of nitrogens with zero attached hydrogens (tertiary/aromatic N) is 3. The van der Waals surface area contributed by atoms with E-state index in [0.717, 1.165) is 16.9 Å². The summed E-state index contributed by atoms with van der Waals surface area (Å²) in [6.45, 7) is 0. The molecule has 7 nitrogen and oxygen atoms in total. The van der Waals surface area contributed by atoms with Gasteiger partial charge in [0, 0.05) is 24.1 Å². The third-order valence-electron chi connectivity index (χ3n) is 6.25. The van der Waals surface area contributed by atoms with Crippen LogP contribution in [0.25, 0.3) is 27.8 Å². The van der Waals surface area contributed by atoms with Crippen molar-refractivity contribution in [3.05, 3.63) is 70.3 Å². The molecule has 1 aromatic carbocycles. The average Bonchev–Trinajstić information content (AvgIpc) is 3.54. The van der Waals surface area contributed by atoms with Gasteiger partial charge < -0.3 is 5.32 Å². The Hall–Kier alpha value is -3.52. The molecule has 0 unspecified atom stereocenters. The summed E-state index contributed by atoms with van der Waals surface area (Å²) in [4.78, 5) is 33.7. The predicted octanol–water partition coefficient (Wildman–Crippen LogP) is 5.65. The monoisotopic (exact) mass is 473 g/mol. The molecule has 1 saturated carbocycles. The van der Waals surface area contributed by atoms with Crippen LogP contribution in [0.2, 0.25) is 0 Å². The Morgan fingerprint density at radius 3 is 2.65 bits per heavy atom. The first kappa shape index (κ1) is 22.3. The number of benzene rings is 1. The molecule has 0 saturated heterocycles. The number of hydrogen-bond acceptors (Lipinski definition) is 5. The largest absolute Gasteiger partial charge is 0.310 e. The first-order chi connectivity index (χ1) is 16.7. The Morgan fingerprint density at radius 1 is 1.06 bits per heavy atom. The molecule has 0 bridgehead atoms. The number of thiophene rings is 1. The smallest absolute Gasteiger partial charge is 0.252 e. The van der Waals surface area contributed by atoms with Crippen LogP contribution in [0.5, 0.6) is 0 Å². The van der Waals surface area contributed by atoms with E-state index in [4.69, 9.17) is 0 Å². The van der Waals surface area contributed by atoms with Crippen LogP contribution in [0, 0.1) is 5.92 Å². The molecule has 0 atom stereocenters. The van der Waals surface area contributed by atoms with Gasteiger partial charge in [0.25, 0.3) is 5.56 Å². The zero-order valence-corrected chi connectivity index (χ0v) is 19.7. The molecule has 2 N–H and O–H groups in total. The molecule has 3 heterocycles. The van der Waals surface area contributed by atoms with Gasteiger partial charge in [-0.2, -0.15) is 9.78 Å². The van der Waals surface area contributed by atoms with Gasteiger partial charge in [-0.3, -0.25) is 14.6 Å². The summed E-state index contributed by atoms with van der Waals surface area (Å²) in [7, 11) is 0. The standard InChI is InChI=1S/C26H27N5O2S/c32-24(14-13-18-8-3-1-4-9-18)28-23-16-21(22-12-7-15-34-22)30-31(23)26-27-20(17-25(33)29-26)19-10-5-2-6-11-19/h2,5-7,10-12,15-18H,1,3-4,8-9,13-14H2,(H,28,32)(H,27,29,33). The van der Waals surface area contributed by atoms with E-state index in [9.17, 15) is 9.59 Å². The van der Waals surface area contributed by atoms with Gasteiger partial charge in [-0.15, -0.1) is 11.3 Å². The zero-order chi connectivity index (χ0) is 23.3. The van der Waals surface area contributed by atoms with Crippen LogP contribution in [0.3, 0.4) is 0 Å². The van der Waals surface area contributed by atoms with Crippen molar-refractivity contribution in [3.63, 3.8) is 0 Å². The Bertz CT molecular complexity index is 1300. The second-order valence-corrected chi connectivity index (χ2v) is 9.66. The Labute approximate surface area is 201 Å². The van der Waals surface area contributed by atoms with Crippen LogP contribution < -0.4 is 10.9 Å². The normalized spacial score (nSPS) is 14.2. The number of H-pyrrole nitrogens is 1. The first-order valence-electron chi connectivity index (χ1n) is 11.8. The summed E-state index contributed by atoms with van der Waals surface area (Å²) >= 11 is 1.56. The summed E-state index contributed by atoms with van der Waals surface area (Å²) in [5.74, 6) is 1.33. The summed E-state index contributed by atoms with van der Waals surface area (Å²) in [6, 6.07) is 16.8. The maximum Gasteiger partial charge on any atom is 0.252 e. The van der Waals surface area contributed by atoms with Crippen molar-refractivity contribution >= 4 is 23.1 Å². The van der Waals surface area contributed by atoms with Gasteiger partial charge >= 0.3 is 0 Å². The third kappa shape index (κ3) is 5.17. The maximum absolute atomic E-state index is 12.8. The lowest BCUT2D eigenvalue weighted by Gasteiger charge is -2.21. The highest BCUT2D eigenvalue weighted by molar-refractivity contribution is 7.13. The highest BCUT2D eigenvalue weighted by Crippen LogP contribution is 2.29. The van der Waals surface area contributed by atoms with E-state index >= 15 is 0 Å². The first-order valence-corrected chi connectivity index (χ1v) is 12.6. The molecule has 0 spiro atoms. The fourth-order valence-corrected chi connectivity index (χ4v) is 5.18. The van der Waals surface area contributed by atoms with Crippen LogP contribution in [0.15, 0.2) is 64.8 Å². The van der Waals surface area contributed by atoms with Crippen molar-refractivity contribution < 1.29 is 4.79 Å². The molecule has 4 aromatic rings. The van der Waals surface area contributed by atoms with Gasteiger partial charge in [-0.05, 0) is 23.8 Å². The molecular weight excluding hydrogens is 446 g/mol. The lowest BCUT2D eigenvalue weighted by atomic mass is 9.86. The Balaban J connectivity index is 1.45. The van der Waals surface area contributed by atoms with Gasteiger partial charge in [0.1, 0.15) is 11.5 Å². The highest BCUT2D eigenvalue weighted by atomic mass is 32.1. The summed E-state index contributed by atoms with van der Waals surface area (Å²) in [5, 5.41) is 9.67. The van der Waals surface area contributed by atoms with Crippen molar-refractivity contribution in [1.29, 1.82) is 0 Å². The summed E-state index contributed by atoms with van der Waals surface area (Å²) in [6.07, 6.45) is 7.63. The Morgan fingerprint density at radius 2 is 1.88 bits per heavy atom. The topological polar surface area (TPSA) is 92.7 Å². The minimum Gasteiger partial charge on any atom is -0.310 e. The van der Waals surface area contributed by atoms with Crippen LogP contribution in [0.4, 0.5) is 5.82 Å². The SMILES string of the molecule is O=C(CCC1CCCCC1)Nc1cc(-c2cccs2)nn1-c1nc(-c2ccccc2)cc(=O)[nH]1. The van der Waals surface area contributed by atoms with E-state index in [1.54, 1.807) is 11.3 Å². The third-order valence-corrected chi connectivity index (χ3v) is 7.15. The lowest BCUT2D eigenvalue weighted by molar-refractivity contribution is -0.116. The van der Waals surface area contributed by atoms with Gasteiger partial charge in [0.05, 0.1) is 10.6 Å². The molecule has 0 aliphatic heterocycles. The number of aromatic amines is 1. The number of hydrogen-bond donors (Lipinski definition) is 2. The van der Waals surface area contributed by atoms with E-state index in [0.29, 0.717) is 29.5 Å². The van der Waals surface area contributed by atoms with Crippen LogP contribution in [-0.4, -0.2) is 25.7 Å². The molecule has 1 aliphatic carbocycles. The fourth-order valence-electron chi connectivity index (χ4n) is 4.49. The van der Waals surface area contributed by atoms with Crippen LogP contribution in [-0.2, 0) is 4.79 Å². The van der Waals surface area contributed by atoms with Crippen molar-refractivity contribution in [1.82, 2.24) is 19.7 Å². The molecule has 3 aromatic heterocycles. The van der Waals surface area contributed by atoms with Crippen LogP contribution >= 0.6 is 11.3 Å². The second-order valence-electron chi connectivity index (χ2n) is 8.72. The molecule has 1 amide bonds. The van der Waals surface area contributed by atoms with Gasteiger partial charge in [-0.1, -0.05) is 68.5 Å². The Kier molecular flexibility index (Phi) is 6.67. The average molecular weight is 474 g/mol. The minimum atomic E-state index is -0.286. The number of rotatable bonds is 7. The predicted molar refractivity (Wildman–Crippen MR) is 135 cm³/mol. The van der Waals surface area contributed by atoms with Crippen molar-refractivity contribution in [3.8, 4) is 27.8 Å². The molecule has 0 radical (unpaired) electrons. The van der Waals surface area contributed by atoms with E-state index in [1.807, 2.05) is 53.9 Å². The van der Waals surface area contributed by atoms with E-state index in [-0.39, 0.29) is 17.4 Å². The number of anilines is 1. The van der Waals surface area contributed by atoms with Crippen molar-refractivity contribution in [2.75, 3.05) is 5.32 Å². The van der Waals surface area contributed by atoms with E-state index < -0.39 is 0 Å². The van der Waals surface area contributed by atoms with E-state index in [1.165, 1.54) is 42.9 Å². The van der Waals surface area contributed by atoms with Crippen LogP contribution in [0.1, 0.15) is 44.9 Å². The second kappa shape index (κ2) is 10.2. The quantitative estimate of drug-likeness (QED) is 0.363. The fraction of sp³-hybridized carbons (Fsp3) is 0.308. The molecule has 34 heavy (non-hydrogen) atoms. The van der Waals surface area contributed by atoms with Gasteiger partial charge in [0.2, 0.25) is 11.9 Å². The van der Waals surface area contributed by atoms with Crippen molar-refractivity contribution in [2.45, 2.75) is 44.9 Å². The molecule has 8 heteroatoms.